The van der Waals surface area contributed by atoms with Crippen LogP contribution in [0.25, 0.3) is 6.08 Å². The maximum Gasteiger partial charge on any atom is 0.330 e. The number of amides is 2. The van der Waals surface area contributed by atoms with Gasteiger partial charge in [-0.25, -0.2) is 9.69 Å². The van der Waals surface area contributed by atoms with Crippen molar-refractivity contribution in [1.82, 2.24) is 0 Å². The van der Waals surface area contributed by atoms with Crippen molar-refractivity contribution in [2.24, 2.45) is 11.8 Å². The Morgan fingerprint density at radius 1 is 0.714 bits per heavy atom. The first-order valence-electron chi connectivity index (χ1n) is 14.0. The van der Waals surface area contributed by atoms with E-state index in [0.717, 1.165) is 22.4 Å². The zero-order valence-corrected chi connectivity index (χ0v) is 22.9. The first-order valence-corrected chi connectivity index (χ1v) is 14.0. The molecule has 7 rings (SSSR count). The van der Waals surface area contributed by atoms with Gasteiger partial charge in [0.1, 0.15) is 11.8 Å². The van der Waals surface area contributed by atoms with E-state index in [1.165, 1.54) is 12.0 Å². The molecule has 0 bridgehead atoms. The van der Waals surface area contributed by atoms with Crippen LogP contribution in [0.4, 0.5) is 11.4 Å². The molecule has 2 amide bonds. The van der Waals surface area contributed by atoms with Crippen LogP contribution in [-0.2, 0) is 19.1 Å². The molecule has 208 valence electrons. The fourth-order valence-corrected chi connectivity index (χ4v) is 6.61. The summed E-state index contributed by atoms with van der Waals surface area (Å²) in [4.78, 5) is 45.9. The molecule has 0 aliphatic carbocycles. The van der Waals surface area contributed by atoms with Crippen LogP contribution in [0.2, 0.25) is 0 Å². The fourth-order valence-electron chi connectivity index (χ4n) is 6.61. The molecule has 3 aliphatic heterocycles. The van der Waals surface area contributed by atoms with Gasteiger partial charge < -0.3 is 14.4 Å². The summed E-state index contributed by atoms with van der Waals surface area (Å²) >= 11 is 0. The average Bonchev–Trinajstić information content (AvgIpc) is 3.52. The zero-order chi connectivity index (χ0) is 28.8. The molecule has 4 aromatic carbocycles. The molecule has 2 saturated heterocycles. The highest BCUT2D eigenvalue weighted by Gasteiger charge is 2.65. The number of rotatable bonds is 6. The Bertz CT molecular complexity index is 1660. The number of hydrogen-bond donors (Lipinski definition) is 0. The monoisotopic (exact) mass is 556 g/mol. The minimum absolute atomic E-state index is 0.355. The number of methoxy groups -OCH3 is 1. The minimum Gasteiger partial charge on any atom is -0.495 e. The topological polar surface area (TPSA) is 76.2 Å². The number of esters is 1. The first kappa shape index (κ1) is 25.8. The summed E-state index contributed by atoms with van der Waals surface area (Å²) in [6, 6.07) is 32.2. The Hall–Kier alpha value is -5.17. The van der Waals surface area contributed by atoms with Crippen molar-refractivity contribution >= 4 is 35.2 Å². The van der Waals surface area contributed by atoms with Crippen molar-refractivity contribution in [2.75, 3.05) is 16.9 Å². The van der Waals surface area contributed by atoms with Crippen LogP contribution in [0.5, 0.6) is 5.75 Å². The number of nitrogens with zero attached hydrogens (tertiary/aromatic N) is 2. The number of hydrogen-bond acceptors (Lipinski definition) is 6. The number of anilines is 2. The van der Waals surface area contributed by atoms with E-state index in [0.29, 0.717) is 11.4 Å². The van der Waals surface area contributed by atoms with Crippen molar-refractivity contribution in [1.29, 1.82) is 0 Å². The first-order chi connectivity index (χ1) is 20.6. The number of fused-ring (bicyclic) bond motifs is 5. The molecule has 7 nitrogen and oxygen atoms in total. The molecule has 0 saturated carbocycles. The van der Waals surface area contributed by atoms with Gasteiger partial charge in [-0.2, -0.15) is 0 Å². The smallest absolute Gasteiger partial charge is 0.330 e. The second-order valence-electron chi connectivity index (χ2n) is 10.6. The lowest BCUT2D eigenvalue weighted by Crippen LogP contribution is -2.49. The maximum absolute atomic E-state index is 14.4. The van der Waals surface area contributed by atoms with Gasteiger partial charge in [-0.3, -0.25) is 9.59 Å². The van der Waals surface area contributed by atoms with Crippen LogP contribution in [0.15, 0.2) is 115 Å². The number of ether oxygens (including phenoxy) is 2. The average molecular weight is 557 g/mol. The number of carbonyl (C=O) groups is 3. The summed E-state index contributed by atoms with van der Waals surface area (Å²) in [6.45, 7) is 0. The molecule has 0 radical (unpaired) electrons. The summed E-state index contributed by atoms with van der Waals surface area (Å²) in [6.07, 6.45) is 3.20. The lowest BCUT2D eigenvalue weighted by Gasteiger charge is -2.36. The highest BCUT2D eigenvalue weighted by atomic mass is 16.5. The Labute approximate surface area is 243 Å². The van der Waals surface area contributed by atoms with Crippen LogP contribution in [0.1, 0.15) is 22.8 Å². The van der Waals surface area contributed by atoms with Crippen molar-refractivity contribution in [3.8, 4) is 5.75 Å². The van der Waals surface area contributed by atoms with E-state index in [4.69, 9.17) is 9.47 Å². The summed E-state index contributed by atoms with van der Waals surface area (Å²) in [7, 11) is 1.50. The van der Waals surface area contributed by atoms with E-state index < -0.39 is 41.9 Å². The molecule has 42 heavy (non-hydrogen) atoms. The minimum atomic E-state index is -1.02. The van der Waals surface area contributed by atoms with Crippen molar-refractivity contribution in [3.63, 3.8) is 0 Å². The second kappa shape index (κ2) is 10.3. The molecule has 0 unspecified atom stereocenters. The van der Waals surface area contributed by atoms with Gasteiger partial charge in [0.05, 0.1) is 30.7 Å². The van der Waals surface area contributed by atoms with Gasteiger partial charge in [0.25, 0.3) is 0 Å². The largest absolute Gasteiger partial charge is 0.495 e. The number of benzene rings is 4. The Morgan fingerprint density at radius 3 is 1.95 bits per heavy atom. The van der Waals surface area contributed by atoms with Crippen LogP contribution in [-0.4, -0.2) is 37.0 Å². The highest BCUT2D eigenvalue weighted by molar-refractivity contribution is 6.25. The lowest BCUT2D eigenvalue weighted by atomic mass is 9.88. The van der Waals surface area contributed by atoms with Gasteiger partial charge in [-0.15, -0.1) is 0 Å². The van der Waals surface area contributed by atoms with Gasteiger partial charge in [-0.1, -0.05) is 103 Å². The molecule has 2 fully saturated rings. The predicted molar refractivity (Wildman–Crippen MR) is 159 cm³/mol. The van der Waals surface area contributed by atoms with Crippen molar-refractivity contribution in [3.05, 3.63) is 132 Å². The quantitative estimate of drug-likeness (QED) is 0.233. The third-order valence-corrected chi connectivity index (χ3v) is 8.42. The molecule has 3 heterocycles. The Morgan fingerprint density at radius 2 is 1.29 bits per heavy atom. The maximum atomic E-state index is 14.4. The third-order valence-electron chi connectivity index (χ3n) is 8.42. The van der Waals surface area contributed by atoms with E-state index in [9.17, 15) is 14.4 Å². The predicted octanol–water partition coefficient (Wildman–Crippen LogP) is 5.42. The molecule has 0 spiro atoms. The number of carbonyl (C=O) groups excluding carboxylic acids is 3. The standard InChI is InChI=1S/C35H28N2O5/c1-41-28-19-11-10-18-26(28)37-33(38)29-27-21-20-22-12-8-9-17-25(22)36(27)31(30(29)34(37)39)35(40)42-32(23-13-4-2-5-14-23)24-15-6-3-7-16-24/h2-21,27,29-32H,1H3/t27-,29-,30-,31+/m1/s1. The normalized spacial score (nSPS) is 22.1. The summed E-state index contributed by atoms with van der Waals surface area (Å²) in [5.74, 6) is -2.65. The summed E-state index contributed by atoms with van der Waals surface area (Å²) in [5.41, 5.74) is 3.70. The SMILES string of the molecule is COc1ccccc1N1C(=O)[C@@H]2[C@H](C1=O)[C@H]1C=Cc3ccccc3N1[C@@H]2C(=O)OC(c1ccccc1)c1ccccc1. The van der Waals surface area contributed by atoms with Crippen LogP contribution in [0, 0.1) is 11.8 Å². The Balaban J connectivity index is 1.33. The van der Waals surface area contributed by atoms with Crippen LogP contribution < -0.4 is 14.5 Å². The van der Waals surface area contributed by atoms with E-state index in [2.05, 4.69) is 0 Å². The molecule has 4 atom stereocenters. The number of para-hydroxylation sites is 3. The zero-order valence-electron chi connectivity index (χ0n) is 22.9. The van der Waals surface area contributed by atoms with E-state index in [1.807, 2.05) is 102 Å². The molecular weight excluding hydrogens is 528 g/mol. The van der Waals surface area contributed by atoms with Gasteiger partial charge in [0, 0.05) is 5.69 Å². The second-order valence-corrected chi connectivity index (χ2v) is 10.6. The summed E-state index contributed by atoms with van der Waals surface area (Å²) in [5, 5.41) is 0. The van der Waals surface area contributed by atoms with E-state index >= 15 is 0 Å². The molecule has 7 heteroatoms. The van der Waals surface area contributed by atoms with Crippen molar-refractivity contribution in [2.45, 2.75) is 18.2 Å². The molecule has 0 aromatic heterocycles. The molecular formula is C35H28N2O5. The molecule has 3 aliphatic rings. The van der Waals surface area contributed by atoms with Gasteiger partial charge in [0.15, 0.2) is 6.10 Å². The van der Waals surface area contributed by atoms with Crippen molar-refractivity contribution < 1.29 is 23.9 Å². The van der Waals surface area contributed by atoms with E-state index in [1.54, 1.807) is 24.3 Å². The van der Waals surface area contributed by atoms with Gasteiger partial charge in [0.2, 0.25) is 11.8 Å². The lowest BCUT2D eigenvalue weighted by molar-refractivity contribution is -0.151. The van der Waals surface area contributed by atoms with Gasteiger partial charge >= 0.3 is 5.97 Å². The summed E-state index contributed by atoms with van der Waals surface area (Å²) < 4.78 is 11.8. The number of imide groups is 1. The van der Waals surface area contributed by atoms with Crippen LogP contribution >= 0.6 is 0 Å². The van der Waals surface area contributed by atoms with E-state index in [-0.39, 0.29) is 5.91 Å². The third kappa shape index (κ3) is 4.00. The Kier molecular flexibility index (Phi) is 6.35. The fraction of sp³-hybridized carbons (Fsp3) is 0.171. The molecule has 4 aromatic rings. The molecule has 0 N–H and O–H groups in total. The van der Waals surface area contributed by atoms with Gasteiger partial charge in [-0.05, 0) is 34.9 Å². The highest BCUT2D eigenvalue weighted by Crippen LogP contribution is 2.50. The van der Waals surface area contributed by atoms with Crippen LogP contribution in [0.3, 0.4) is 0 Å².